The fourth-order valence-corrected chi connectivity index (χ4v) is 3.00. The molecule has 0 aliphatic rings. The lowest BCUT2D eigenvalue weighted by molar-refractivity contribution is -0.384. The van der Waals surface area contributed by atoms with E-state index >= 15 is 0 Å². The van der Waals surface area contributed by atoms with Crippen LogP contribution in [-0.4, -0.2) is 27.9 Å². The molecule has 0 spiro atoms. The van der Waals surface area contributed by atoms with Crippen LogP contribution in [0.4, 0.5) is 11.4 Å². The van der Waals surface area contributed by atoms with Crippen LogP contribution in [-0.2, 0) is 10.0 Å². The minimum Gasteiger partial charge on any atom is -0.291 e. The molecule has 0 radical (unpaired) electrons. The number of pyridine rings is 1. The second kappa shape index (κ2) is 6.08. The molecule has 0 fully saturated rings. The van der Waals surface area contributed by atoms with Crippen molar-refractivity contribution in [3.05, 3.63) is 71.4 Å². The molecule has 9 nitrogen and oxygen atoms in total. The summed E-state index contributed by atoms with van der Waals surface area (Å²) in [5.41, 5.74) is 0.0949. The quantitative estimate of drug-likeness (QED) is 0.557. The standard InChI is InChI=1S/C14H11N5O4S/c20-19(21)12-2-4-13(5-3-12)24(22,23)17-11-1-6-14(16-9-11)18-8-7-15-10-18/h1-10,17H. The van der Waals surface area contributed by atoms with Crippen molar-refractivity contribution in [2.45, 2.75) is 4.90 Å². The normalized spacial score (nSPS) is 11.2. The molecule has 1 N–H and O–H groups in total. The van der Waals surface area contributed by atoms with Gasteiger partial charge in [-0.25, -0.2) is 18.4 Å². The summed E-state index contributed by atoms with van der Waals surface area (Å²) in [7, 11) is -3.85. The van der Waals surface area contributed by atoms with Gasteiger partial charge in [-0.3, -0.25) is 19.4 Å². The summed E-state index contributed by atoms with van der Waals surface area (Å²) in [5, 5.41) is 10.6. The lowest BCUT2D eigenvalue weighted by Crippen LogP contribution is -2.13. The van der Waals surface area contributed by atoms with Crippen LogP contribution < -0.4 is 4.72 Å². The lowest BCUT2D eigenvalue weighted by Gasteiger charge is -2.08. The Morgan fingerprint density at radius 2 is 1.88 bits per heavy atom. The maximum absolute atomic E-state index is 12.3. The van der Waals surface area contributed by atoms with Crippen molar-refractivity contribution in [2.24, 2.45) is 0 Å². The van der Waals surface area contributed by atoms with Gasteiger partial charge < -0.3 is 0 Å². The number of sulfonamides is 1. The van der Waals surface area contributed by atoms with Crippen molar-refractivity contribution in [1.82, 2.24) is 14.5 Å². The first kappa shape index (κ1) is 15.6. The second-order valence-electron chi connectivity index (χ2n) is 4.73. The molecular weight excluding hydrogens is 334 g/mol. The molecule has 0 saturated carbocycles. The number of imidazole rings is 1. The van der Waals surface area contributed by atoms with Gasteiger partial charge in [0, 0.05) is 24.5 Å². The summed E-state index contributed by atoms with van der Waals surface area (Å²) in [4.78, 5) is 18.0. The molecule has 2 heterocycles. The van der Waals surface area contributed by atoms with Gasteiger partial charge in [-0.2, -0.15) is 0 Å². The van der Waals surface area contributed by atoms with Crippen LogP contribution in [0.5, 0.6) is 0 Å². The van der Waals surface area contributed by atoms with E-state index < -0.39 is 14.9 Å². The SMILES string of the molecule is O=[N+]([O-])c1ccc(S(=O)(=O)Nc2ccc(-n3ccnc3)nc2)cc1. The van der Waals surface area contributed by atoms with Crippen LogP contribution in [0, 0.1) is 10.1 Å². The van der Waals surface area contributed by atoms with Crippen molar-refractivity contribution in [3.8, 4) is 5.82 Å². The third-order valence-corrected chi connectivity index (χ3v) is 4.52. The van der Waals surface area contributed by atoms with Gasteiger partial charge in [0.2, 0.25) is 0 Å². The molecule has 0 aliphatic carbocycles. The summed E-state index contributed by atoms with van der Waals surface area (Å²) < 4.78 is 28.6. The van der Waals surface area contributed by atoms with Crippen LogP contribution >= 0.6 is 0 Å². The number of aromatic nitrogens is 3. The Labute approximate surface area is 136 Å². The highest BCUT2D eigenvalue weighted by molar-refractivity contribution is 7.92. The van der Waals surface area contributed by atoms with E-state index in [1.807, 2.05) is 0 Å². The largest absolute Gasteiger partial charge is 0.291 e. The molecule has 0 atom stereocenters. The minimum atomic E-state index is -3.85. The Morgan fingerprint density at radius 3 is 2.42 bits per heavy atom. The molecule has 0 saturated heterocycles. The molecule has 24 heavy (non-hydrogen) atoms. The van der Waals surface area contributed by atoms with Gasteiger partial charge in [-0.15, -0.1) is 0 Å². The minimum absolute atomic E-state index is 0.0770. The van der Waals surface area contributed by atoms with Crippen molar-refractivity contribution < 1.29 is 13.3 Å². The Kier molecular flexibility index (Phi) is 3.96. The molecule has 3 rings (SSSR count). The fourth-order valence-electron chi connectivity index (χ4n) is 1.95. The summed E-state index contributed by atoms with van der Waals surface area (Å²) >= 11 is 0. The summed E-state index contributed by atoms with van der Waals surface area (Å²) in [5.74, 6) is 0.589. The van der Waals surface area contributed by atoms with E-state index in [4.69, 9.17) is 0 Å². The number of non-ortho nitro benzene ring substituents is 1. The highest BCUT2D eigenvalue weighted by Gasteiger charge is 2.16. The average molecular weight is 345 g/mol. The number of anilines is 1. The van der Waals surface area contributed by atoms with Gasteiger partial charge >= 0.3 is 0 Å². The number of rotatable bonds is 5. The van der Waals surface area contributed by atoms with Crippen molar-refractivity contribution in [1.29, 1.82) is 0 Å². The van der Waals surface area contributed by atoms with Gasteiger partial charge in [0.25, 0.3) is 15.7 Å². The second-order valence-corrected chi connectivity index (χ2v) is 6.41. The van der Waals surface area contributed by atoms with Crippen LogP contribution in [0.15, 0.2) is 66.2 Å². The predicted molar refractivity (Wildman–Crippen MR) is 85.3 cm³/mol. The number of nitro benzene ring substituents is 1. The molecule has 0 aliphatic heterocycles. The third kappa shape index (κ3) is 3.22. The molecular formula is C14H11N5O4S. The fraction of sp³-hybridized carbons (Fsp3) is 0. The van der Waals surface area contributed by atoms with E-state index in [-0.39, 0.29) is 16.3 Å². The zero-order valence-corrected chi connectivity index (χ0v) is 12.9. The zero-order chi connectivity index (χ0) is 17.2. The third-order valence-electron chi connectivity index (χ3n) is 3.13. The lowest BCUT2D eigenvalue weighted by atomic mass is 10.3. The number of hydrogen-bond acceptors (Lipinski definition) is 6. The highest BCUT2D eigenvalue weighted by Crippen LogP contribution is 2.19. The van der Waals surface area contributed by atoms with E-state index in [9.17, 15) is 18.5 Å². The van der Waals surface area contributed by atoms with Crippen LogP contribution in [0.25, 0.3) is 5.82 Å². The Morgan fingerprint density at radius 1 is 1.12 bits per heavy atom. The summed E-state index contributed by atoms with van der Waals surface area (Å²) in [6, 6.07) is 7.81. The molecule has 1 aromatic carbocycles. The van der Waals surface area contributed by atoms with E-state index in [1.54, 1.807) is 35.4 Å². The van der Waals surface area contributed by atoms with Gasteiger partial charge in [-0.05, 0) is 24.3 Å². The number of hydrogen-bond donors (Lipinski definition) is 1. The van der Waals surface area contributed by atoms with Crippen molar-refractivity contribution >= 4 is 21.4 Å². The summed E-state index contributed by atoms with van der Waals surface area (Å²) in [6.45, 7) is 0. The monoisotopic (exact) mass is 345 g/mol. The van der Waals surface area contributed by atoms with Crippen LogP contribution in [0.2, 0.25) is 0 Å². The number of nitro groups is 1. The molecule has 122 valence electrons. The summed E-state index contributed by atoms with van der Waals surface area (Å²) in [6.07, 6.45) is 6.26. The smallest absolute Gasteiger partial charge is 0.269 e. The molecule has 3 aromatic rings. The average Bonchev–Trinajstić information content (AvgIpc) is 3.10. The van der Waals surface area contributed by atoms with Gasteiger partial charge in [0.1, 0.15) is 12.1 Å². The van der Waals surface area contributed by atoms with Gasteiger partial charge in [0.05, 0.1) is 21.7 Å². The highest BCUT2D eigenvalue weighted by atomic mass is 32.2. The predicted octanol–water partition coefficient (Wildman–Crippen LogP) is 1.98. The van der Waals surface area contributed by atoms with E-state index in [0.29, 0.717) is 5.82 Å². The van der Waals surface area contributed by atoms with Gasteiger partial charge in [-0.1, -0.05) is 0 Å². The number of benzene rings is 1. The Balaban J connectivity index is 1.80. The molecule has 10 heteroatoms. The van der Waals surface area contributed by atoms with Gasteiger partial charge in [0.15, 0.2) is 0 Å². The van der Waals surface area contributed by atoms with Crippen molar-refractivity contribution in [2.75, 3.05) is 4.72 Å². The van der Waals surface area contributed by atoms with Crippen molar-refractivity contribution in [3.63, 3.8) is 0 Å². The first-order valence-corrected chi connectivity index (χ1v) is 8.16. The molecule has 2 aromatic heterocycles. The molecule has 0 amide bonds. The molecule has 0 bridgehead atoms. The van der Waals surface area contributed by atoms with E-state index in [0.717, 1.165) is 12.1 Å². The Hall–Kier alpha value is -3.27. The first-order chi connectivity index (χ1) is 11.5. The van der Waals surface area contributed by atoms with E-state index in [1.165, 1.54) is 18.3 Å². The van der Waals surface area contributed by atoms with Crippen LogP contribution in [0.1, 0.15) is 0 Å². The molecule has 0 unspecified atom stereocenters. The van der Waals surface area contributed by atoms with Crippen LogP contribution in [0.3, 0.4) is 0 Å². The topological polar surface area (TPSA) is 120 Å². The van der Waals surface area contributed by atoms with E-state index in [2.05, 4.69) is 14.7 Å². The Bertz CT molecular complexity index is 951. The number of nitrogens with zero attached hydrogens (tertiary/aromatic N) is 4. The maximum Gasteiger partial charge on any atom is 0.269 e. The number of nitrogens with one attached hydrogen (secondary N) is 1. The first-order valence-electron chi connectivity index (χ1n) is 6.67. The maximum atomic E-state index is 12.3. The zero-order valence-electron chi connectivity index (χ0n) is 12.1.